The van der Waals surface area contributed by atoms with Crippen LogP contribution in [0.15, 0.2) is 24.3 Å². The Morgan fingerprint density at radius 2 is 1.33 bits per heavy atom. The van der Waals surface area contributed by atoms with E-state index in [1.165, 1.54) is 19.3 Å². The average Bonchev–Trinajstić information content (AvgIpc) is 2.49. The van der Waals surface area contributed by atoms with Crippen molar-refractivity contribution in [3.05, 3.63) is 24.3 Å². The van der Waals surface area contributed by atoms with E-state index in [9.17, 15) is 9.59 Å². The Morgan fingerprint density at radius 1 is 0.810 bits per heavy atom. The first-order valence-corrected chi connectivity index (χ1v) is 7.85. The minimum Gasteiger partial charge on any atom is -0.326 e. The molecule has 1 aromatic rings. The summed E-state index contributed by atoms with van der Waals surface area (Å²) in [5.74, 6) is 0.0377. The molecule has 0 aromatic heterocycles. The number of anilines is 2. The number of rotatable bonds is 9. The number of carbonyl (C=O) groups excluding carboxylic acids is 2. The summed E-state index contributed by atoms with van der Waals surface area (Å²) in [6, 6.07) is 7.20. The Balaban J connectivity index is 2.31. The molecule has 116 valence electrons. The van der Waals surface area contributed by atoms with Gasteiger partial charge < -0.3 is 10.6 Å². The molecule has 1 rings (SSSR count). The van der Waals surface area contributed by atoms with Crippen molar-refractivity contribution in [2.45, 2.75) is 58.8 Å². The molecule has 0 aliphatic carbocycles. The summed E-state index contributed by atoms with van der Waals surface area (Å²) in [6.45, 7) is 3.99. The summed E-state index contributed by atoms with van der Waals surface area (Å²) in [7, 11) is 0. The molecule has 0 heterocycles. The van der Waals surface area contributed by atoms with Crippen molar-refractivity contribution in [3.63, 3.8) is 0 Å². The van der Waals surface area contributed by atoms with Gasteiger partial charge in [-0.25, -0.2) is 0 Å². The van der Waals surface area contributed by atoms with Gasteiger partial charge in [0.25, 0.3) is 0 Å². The van der Waals surface area contributed by atoms with Gasteiger partial charge in [-0.2, -0.15) is 0 Å². The van der Waals surface area contributed by atoms with Crippen LogP contribution in [0.5, 0.6) is 0 Å². The highest BCUT2D eigenvalue weighted by atomic mass is 16.2. The SMILES string of the molecule is CCCCCCCC(=O)Nc1ccc(NC(=O)CC)cc1. The molecular weight excluding hydrogens is 264 g/mol. The molecule has 1 aromatic carbocycles. The second kappa shape index (κ2) is 9.97. The largest absolute Gasteiger partial charge is 0.326 e. The lowest BCUT2D eigenvalue weighted by atomic mass is 10.1. The van der Waals surface area contributed by atoms with Crippen LogP contribution in [0, 0.1) is 0 Å². The van der Waals surface area contributed by atoms with Crippen LogP contribution >= 0.6 is 0 Å². The van der Waals surface area contributed by atoms with E-state index in [1.54, 1.807) is 24.3 Å². The zero-order valence-corrected chi connectivity index (χ0v) is 13.1. The zero-order chi connectivity index (χ0) is 15.5. The summed E-state index contributed by atoms with van der Waals surface area (Å²) in [6.07, 6.45) is 6.74. The normalized spacial score (nSPS) is 10.2. The van der Waals surface area contributed by atoms with E-state index in [1.807, 2.05) is 6.92 Å². The highest BCUT2D eigenvalue weighted by molar-refractivity contribution is 5.92. The Hall–Kier alpha value is -1.84. The number of hydrogen-bond donors (Lipinski definition) is 2. The Bertz CT molecular complexity index is 441. The number of hydrogen-bond acceptors (Lipinski definition) is 2. The average molecular weight is 290 g/mol. The minimum atomic E-state index is -0.0149. The summed E-state index contributed by atoms with van der Waals surface area (Å²) in [5.41, 5.74) is 1.52. The van der Waals surface area contributed by atoms with Crippen molar-refractivity contribution in [2.75, 3.05) is 10.6 Å². The van der Waals surface area contributed by atoms with Crippen molar-refractivity contribution in [1.29, 1.82) is 0 Å². The number of carbonyl (C=O) groups is 2. The quantitative estimate of drug-likeness (QED) is 0.665. The number of unbranched alkanes of at least 4 members (excludes halogenated alkanes) is 4. The van der Waals surface area contributed by atoms with Gasteiger partial charge in [-0.3, -0.25) is 9.59 Å². The third-order valence-corrected chi connectivity index (χ3v) is 3.28. The molecule has 0 spiro atoms. The van der Waals surface area contributed by atoms with Crippen LogP contribution in [0.25, 0.3) is 0 Å². The first-order chi connectivity index (χ1) is 10.2. The van der Waals surface area contributed by atoms with E-state index in [0.29, 0.717) is 12.8 Å². The van der Waals surface area contributed by atoms with Crippen LogP contribution in [0.4, 0.5) is 11.4 Å². The lowest BCUT2D eigenvalue weighted by molar-refractivity contribution is -0.117. The van der Waals surface area contributed by atoms with Gasteiger partial charge in [0.05, 0.1) is 0 Å². The summed E-state index contributed by atoms with van der Waals surface area (Å²) >= 11 is 0. The standard InChI is InChI=1S/C17H26N2O2/c1-3-5-6-7-8-9-17(21)19-15-12-10-14(11-13-15)18-16(20)4-2/h10-13H,3-9H2,1-2H3,(H,18,20)(H,19,21). The molecule has 0 fully saturated rings. The smallest absolute Gasteiger partial charge is 0.224 e. The van der Waals surface area contributed by atoms with E-state index >= 15 is 0 Å². The van der Waals surface area contributed by atoms with Crippen LogP contribution in [0.1, 0.15) is 58.8 Å². The van der Waals surface area contributed by atoms with Gasteiger partial charge in [0, 0.05) is 24.2 Å². The van der Waals surface area contributed by atoms with Gasteiger partial charge in [-0.15, -0.1) is 0 Å². The molecule has 0 saturated heterocycles. The van der Waals surface area contributed by atoms with Gasteiger partial charge in [-0.1, -0.05) is 39.5 Å². The van der Waals surface area contributed by atoms with Gasteiger partial charge in [0.15, 0.2) is 0 Å². The highest BCUT2D eigenvalue weighted by Crippen LogP contribution is 2.14. The van der Waals surface area contributed by atoms with Crippen LogP contribution in [-0.4, -0.2) is 11.8 Å². The van der Waals surface area contributed by atoms with E-state index in [2.05, 4.69) is 17.6 Å². The fourth-order valence-electron chi connectivity index (χ4n) is 2.00. The van der Waals surface area contributed by atoms with Crippen molar-refractivity contribution in [2.24, 2.45) is 0 Å². The molecule has 0 unspecified atom stereocenters. The number of nitrogens with one attached hydrogen (secondary N) is 2. The molecular formula is C17H26N2O2. The fourth-order valence-corrected chi connectivity index (χ4v) is 2.00. The third kappa shape index (κ3) is 7.49. The Morgan fingerprint density at radius 3 is 1.86 bits per heavy atom. The molecule has 0 bridgehead atoms. The lowest BCUT2D eigenvalue weighted by Gasteiger charge is -2.07. The molecule has 0 aliphatic heterocycles. The summed E-state index contributed by atoms with van der Waals surface area (Å²) in [5, 5.41) is 5.65. The first kappa shape index (κ1) is 17.2. The summed E-state index contributed by atoms with van der Waals surface area (Å²) in [4.78, 5) is 23.0. The van der Waals surface area contributed by atoms with Crippen LogP contribution in [0.2, 0.25) is 0 Å². The van der Waals surface area contributed by atoms with Crippen molar-refractivity contribution in [1.82, 2.24) is 0 Å². The van der Waals surface area contributed by atoms with E-state index in [4.69, 9.17) is 0 Å². The van der Waals surface area contributed by atoms with Crippen LogP contribution < -0.4 is 10.6 Å². The number of amides is 2. The van der Waals surface area contributed by atoms with Crippen molar-refractivity contribution in [3.8, 4) is 0 Å². The lowest BCUT2D eigenvalue weighted by Crippen LogP contribution is -2.12. The van der Waals surface area contributed by atoms with Crippen molar-refractivity contribution < 1.29 is 9.59 Å². The molecule has 4 nitrogen and oxygen atoms in total. The molecule has 0 saturated carbocycles. The van der Waals surface area contributed by atoms with Crippen molar-refractivity contribution >= 4 is 23.2 Å². The molecule has 0 aliphatic rings. The molecule has 0 atom stereocenters. The fraction of sp³-hybridized carbons (Fsp3) is 0.529. The number of benzene rings is 1. The van der Waals surface area contributed by atoms with Gasteiger partial charge in [-0.05, 0) is 30.7 Å². The third-order valence-electron chi connectivity index (χ3n) is 3.28. The van der Waals surface area contributed by atoms with Crippen LogP contribution in [0.3, 0.4) is 0 Å². The second-order valence-corrected chi connectivity index (χ2v) is 5.19. The Kier molecular flexibility index (Phi) is 8.17. The highest BCUT2D eigenvalue weighted by Gasteiger charge is 2.03. The minimum absolute atomic E-state index is 0.0149. The topological polar surface area (TPSA) is 58.2 Å². The first-order valence-electron chi connectivity index (χ1n) is 7.85. The molecule has 4 heteroatoms. The monoisotopic (exact) mass is 290 g/mol. The molecule has 2 N–H and O–H groups in total. The van der Waals surface area contributed by atoms with E-state index in [-0.39, 0.29) is 11.8 Å². The maximum absolute atomic E-state index is 11.8. The van der Waals surface area contributed by atoms with Crippen LogP contribution in [-0.2, 0) is 9.59 Å². The predicted molar refractivity (Wildman–Crippen MR) is 87.4 cm³/mol. The predicted octanol–water partition coefficient (Wildman–Crippen LogP) is 4.33. The Labute approximate surface area is 127 Å². The molecule has 21 heavy (non-hydrogen) atoms. The molecule has 0 radical (unpaired) electrons. The zero-order valence-electron chi connectivity index (χ0n) is 13.1. The van der Waals surface area contributed by atoms with E-state index in [0.717, 1.165) is 24.2 Å². The molecule has 2 amide bonds. The van der Waals surface area contributed by atoms with Gasteiger partial charge >= 0.3 is 0 Å². The van der Waals surface area contributed by atoms with Gasteiger partial charge in [0.2, 0.25) is 11.8 Å². The van der Waals surface area contributed by atoms with E-state index < -0.39 is 0 Å². The maximum Gasteiger partial charge on any atom is 0.224 e. The second-order valence-electron chi connectivity index (χ2n) is 5.19. The summed E-state index contributed by atoms with van der Waals surface area (Å²) < 4.78 is 0. The maximum atomic E-state index is 11.8. The van der Waals surface area contributed by atoms with Gasteiger partial charge in [0.1, 0.15) is 0 Å².